The Balaban J connectivity index is 2.30. The molecule has 4 heteroatoms. The molecule has 74 valence electrons. The highest BCUT2D eigenvalue weighted by Crippen LogP contribution is 2.33. The number of aliphatic hydroxyl groups is 1. The highest BCUT2D eigenvalue weighted by Gasteiger charge is 2.31. The molecule has 1 saturated carbocycles. The van der Waals surface area contributed by atoms with Gasteiger partial charge in [0, 0.05) is 12.5 Å². The Morgan fingerprint density at radius 1 is 1.38 bits per heavy atom. The summed E-state index contributed by atoms with van der Waals surface area (Å²) in [6.07, 6.45) is 1.40. The Kier molecular flexibility index (Phi) is 3.60. The molecule has 2 nitrogen and oxygen atoms in total. The molecule has 0 aliphatic heterocycles. The van der Waals surface area contributed by atoms with Gasteiger partial charge in [0.2, 0.25) is 0 Å². The van der Waals surface area contributed by atoms with Crippen molar-refractivity contribution in [2.45, 2.75) is 44.4 Å². The summed E-state index contributed by atoms with van der Waals surface area (Å²) < 4.78 is 5.76. The van der Waals surface area contributed by atoms with Gasteiger partial charge in [-0.05, 0) is 26.1 Å². The molecule has 1 fully saturated rings. The van der Waals surface area contributed by atoms with Gasteiger partial charge in [0.15, 0.2) is 8.32 Å². The van der Waals surface area contributed by atoms with Gasteiger partial charge in [-0.15, -0.1) is 0 Å². The molecule has 1 rings (SSSR count). The molecule has 0 bridgehead atoms. The van der Waals surface area contributed by atoms with Crippen molar-refractivity contribution in [2.24, 2.45) is 5.92 Å². The molecule has 1 N–H and O–H groups in total. The van der Waals surface area contributed by atoms with Crippen LogP contribution in [0.15, 0.2) is 0 Å². The molecule has 1 aliphatic rings. The molecule has 0 amide bonds. The van der Waals surface area contributed by atoms with Crippen LogP contribution in [0.4, 0.5) is 0 Å². The Hall–Kier alpha value is 0.202. The molecule has 2 radical (unpaired) electrons. The largest absolute Gasteiger partial charge is 0.417 e. The van der Waals surface area contributed by atoms with E-state index < -0.39 is 8.32 Å². The van der Waals surface area contributed by atoms with E-state index in [1.165, 1.54) is 0 Å². The monoisotopic (exact) mass is 198 g/mol. The van der Waals surface area contributed by atoms with Crippen LogP contribution in [-0.2, 0) is 4.43 Å². The van der Waals surface area contributed by atoms with Crippen molar-refractivity contribution < 1.29 is 9.53 Å². The highest BCUT2D eigenvalue weighted by molar-refractivity contribution is 6.69. The molecule has 3 atom stereocenters. The molecule has 0 unspecified atom stereocenters. The van der Waals surface area contributed by atoms with E-state index in [0.717, 1.165) is 12.8 Å². The normalized spacial score (nSPS) is 35.2. The number of hydrogen-bond donors (Lipinski definition) is 1. The maximum Gasteiger partial charge on any atom is 0.183 e. The van der Waals surface area contributed by atoms with Crippen LogP contribution in [0.5, 0.6) is 0 Å². The van der Waals surface area contributed by atoms with Gasteiger partial charge in [-0.2, -0.15) is 0 Å². The summed E-state index contributed by atoms with van der Waals surface area (Å²) >= 11 is 0. The lowest BCUT2D eigenvalue weighted by atomic mass is 9.85. The SMILES string of the molecule is [B][C@@H]1C[C@H](CO[Si](C)(C)C)[C@H](O)C1. The third-order valence-electron chi connectivity index (χ3n) is 2.42. The van der Waals surface area contributed by atoms with Crippen LogP contribution in [0.3, 0.4) is 0 Å². The van der Waals surface area contributed by atoms with E-state index >= 15 is 0 Å². The molecule has 0 saturated heterocycles. The van der Waals surface area contributed by atoms with Crippen LogP contribution in [0, 0.1) is 5.92 Å². The Bertz CT molecular complexity index is 169. The van der Waals surface area contributed by atoms with E-state index in [1.807, 2.05) is 0 Å². The summed E-state index contributed by atoms with van der Waals surface area (Å²) in [7, 11) is 4.32. The van der Waals surface area contributed by atoms with E-state index in [-0.39, 0.29) is 17.8 Å². The first-order chi connectivity index (χ1) is 5.88. The predicted octanol–water partition coefficient (Wildman–Crippen LogP) is 1.57. The summed E-state index contributed by atoms with van der Waals surface area (Å²) in [5, 5.41) is 9.61. The Morgan fingerprint density at radius 3 is 2.38 bits per heavy atom. The molecule has 0 aromatic rings. The maximum atomic E-state index is 9.61. The first-order valence-electron chi connectivity index (χ1n) is 4.96. The summed E-state index contributed by atoms with van der Waals surface area (Å²) in [4.78, 5) is 0. The topological polar surface area (TPSA) is 29.5 Å². The Labute approximate surface area is 83.2 Å². The van der Waals surface area contributed by atoms with Crippen molar-refractivity contribution in [2.75, 3.05) is 6.61 Å². The van der Waals surface area contributed by atoms with Crippen molar-refractivity contribution in [3.63, 3.8) is 0 Å². The second kappa shape index (κ2) is 4.15. The van der Waals surface area contributed by atoms with Gasteiger partial charge in [0.1, 0.15) is 0 Å². The standard InChI is InChI=1S/C9H19BO2Si/c1-13(2,3)12-6-7-4-8(10)5-9(7)11/h7-9,11H,4-6H2,1-3H3/t7-,8-,9-/m1/s1. The van der Waals surface area contributed by atoms with E-state index in [4.69, 9.17) is 12.3 Å². The highest BCUT2D eigenvalue weighted by atomic mass is 28.4. The van der Waals surface area contributed by atoms with Gasteiger partial charge >= 0.3 is 0 Å². The van der Waals surface area contributed by atoms with E-state index in [2.05, 4.69) is 19.6 Å². The third kappa shape index (κ3) is 3.83. The molecule has 0 heterocycles. The summed E-state index contributed by atoms with van der Waals surface area (Å²) in [6.45, 7) is 7.17. The van der Waals surface area contributed by atoms with E-state index in [9.17, 15) is 5.11 Å². The molecule has 0 aromatic carbocycles. The minimum absolute atomic E-state index is 0.172. The van der Waals surface area contributed by atoms with Crippen molar-refractivity contribution >= 4 is 16.2 Å². The number of rotatable bonds is 3. The lowest BCUT2D eigenvalue weighted by Crippen LogP contribution is -2.30. The smallest absolute Gasteiger partial charge is 0.183 e. The molecular formula is C9H19BO2Si. The molecule has 0 spiro atoms. The number of aliphatic hydroxyl groups excluding tert-OH is 1. The molecule has 13 heavy (non-hydrogen) atoms. The van der Waals surface area contributed by atoms with Gasteiger partial charge in [-0.1, -0.05) is 12.2 Å². The van der Waals surface area contributed by atoms with Gasteiger partial charge < -0.3 is 9.53 Å². The second-order valence-electron chi connectivity index (χ2n) is 4.98. The summed E-state index contributed by atoms with van der Waals surface area (Å²) in [6, 6.07) is 0. The van der Waals surface area contributed by atoms with Gasteiger partial charge in [0.05, 0.1) is 14.0 Å². The van der Waals surface area contributed by atoms with Gasteiger partial charge in [-0.25, -0.2) is 0 Å². The predicted molar refractivity (Wildman–Crippen MR) is 57.5 cm³/mol. The molecule has 1 aliphatic carbocycles. The van der Waals surface area contributed by atoms with Crippen LogP contribution in [0.2, 0.25) is 25.5 Å². The minimum Gasteiger partial charge on any atom is -0.417 e. The van der Waals surface area contributed by atoms with Gasteiger partial charge in [0.25, 0.3) is 0 Å². The van der Waals surface area contributed by atoms with Crippen LogP contribution in [0.1, 0.15) is 12.8 Å². The lowest BCUT2D eigenvalue weighted by Gasteiger charge is -2.22. The van der Waals surface area contributed by atoms with E-state index in [1.54, 1.807) is 0 Å². The first kappa shape index (κ1) is 11.3. The number of hydrogen-bond acceptors (Lipinski definition) is 2. The van der Waals surface area contributed by atoms with Crippen molar-refractivity contribution in [3.05, 3.63) is 0 Å². The van der Waals surface area contributed by atoms with Crippen LogP contribution in [0.25, 0.3) is 0 Å². The van der Waals surface area contributed by atoms with Gasteiger partial charge in [-0.3, -0.25) is 0 Å². The van der Waals surface area contributed by atoms with Crippen molar-refractivity contribution in [3.8, 4) is 0 Å². The zero-order valence-electron chi connectivity index (χ0n) is 8.79. The fourth-order valence-electron chi connectivity index (χ4n) is 1.68. The Morgan fingerprint density at radius 2 is 2.00 bits per heavy atom. The minimum atomic E-state index is -1.43. The molecular weight excluding hydrogens is 179 g/mol. The van der Waals surface area contributed by atoms with Crippen LogP contribution < -0.4 is 0 Å². The average molecular weight is 198 g/mol. The quantitative estimate of drug-likeness (QED) is 0.697. The fraction of sp³-hybridized carbons (Fsp3) is 1.00. The van der Waals surface area contributed by atoms with Crippen LogP contribution in [-0.4, -0.2) is 34.0 Å². The van der Waals surface area contributed by atoms with E-state index in [0.29, 0.717) is 6.61 Å². The molecule has 0 aromatic heterocycles. The zero-order valence-corrected chi connectivity index (χ0v) is 9.79. The third-order valence-corrected chi connectivity index (χ3v) is 3.46. The first-order valence-corrected chi connectivity index (χ1v) is 8.37. The second-order valence-corrected chi connectivity index (χ2v) is 9.50. The maximum absolute atomic E-state index is 9.61. The van der Waals surface area contributed by atoms with Crippen molar-refractivity contribution in [1.82, 2.24) is 0 Å². The summed E-state index contributed by atoms with van der Waals surface area (Å²) in [5.74, 6) is 0.437. The summed E-state index contributed by atoms with van der Waals surface area (Å²) in [5.41, 5.74) is 0. The lowest BCUT2D eigenvalue weighted by molar-refractivity contribution is 0.0965. The average Bonchev–Trinajstić information content (AvgIpc) is 2.24. The zero-order chi connectivity index (χ0) is 10.1. The fourth-order valence-corrected chi connectivity index (χ4v) is 2.40. The van der Waals surface area contributed by atoms with Crippen LogP contribution >= 0.6 is 0 Å². The van der Waals surface area contributed by atoms with Crippen molar-refractivity contribution in [1.29, 1.82) is 0 Å².